The number of hydrogen-bond donors (Lipinski definition) is 1. The van der Waals surface area contributed by atoms with Crippen molar-refractivity contribution in [1.29, 1.82) is 0 Å². The minimum atomic E-state index is -0.984. The first kappa shape index (κ1) is 21.8. The van der Waals surface area contributed by atoms with Crippen LogP contribution in [0.1, 0.15) is 73.7 Å². The number of carbonyl (C=O) groups is 2. The fraction of sp³-hybridized carbons (Fsp3) is 0.481. The van der Waals surface area contributed by atoms with Crippen molar-refractivity contribution in [3.05, 3.63) is 59.5 Å². The molecule has 174 valence electrons. The lowest BCUT2D eigenvalue weighted by Crippen LogP contribution is -2.65. The second-order valence-corrected chi connectivity index (χ2v) is 10.0. The van der Waals surface area contributed by atoms with Crippen LogP contribution in [0.2, 0.25) is 0 Å². The summed E-state index contributed by atoms with van der Waals surface area (Å²) in [5.74, 6) is 0.727. The maximum atomic E-state index is 13.8. The monoisotopic (exact) mass is 447 g/mol. The Kier molecular flexibility index (Phi) is 5.55. The first-order chi connectivity index (χ1) is 15.9. The fourth-order valence-electron chi connectivity index (χ4n) is 5.50. The highest BCUT2D eigenvalue weighted by Crippen LogP contribution is 2.35. The van der Waals surface area contributed by atoms with E-state index in [0.29, 0.717) is 24.4 Å². The van der Waals surface area contributed by atoms with Gasteiger partial charge in [0.05, 0.1) is 12.1 Å². The predicted octanol–water partition coefficient (Wildman–Crippen LogP) is 5.01. The number of nitrogens with one attached hydrogen (secondary N) is 1. The Bertz CT molecular complexity index is 1170. The van der Waals surface area contributed by atoms with Gasteiger partial charge in [-0.15, -0.1) is 0 Å². The maximum Gasteiger partial charge on any atom is 0.271 e. The van der Waals surface area contributed by atoms with Crippen molar-refractivity contribution in [3.63, 3.8) is 0 Å². The van der Waals surface area contributed by atoms with E-state index in [0.717, 1.165) is 42.5 Å². The summed E-state index contributed by atoms with van der Waals surface area (Å²) in [7, 11) is 0. The molecule has 3 aromatic rings. The van der Waals surface area contributed by atoms with Crippen LogP contribution < -0.4 is 5.32 Å². The molecule has 0 spiro atoms. The number of aromatic nitrogens is 1. The van der Waals surface area contributed by atoms with Crippen molar-refractivity contribution in [3.8, 4) is 0 Å². The average molecular weight is 448 g/mol. The van der Waals surface area contributed by atoms with Crippen LogP contribution in [0.15, 0.2) is 46.9 Å². The summed E-state index contributed by atoms with van der Waals surface area (Å²) in [6, 6.07) is 14.1. The Labute approximate surface area is 194 Å². The van der Waals surface area contributed by atoms with Crippen molar-refractivity contribution < 1.29 is 14.0 Å². The van der Waals surface area contributed by atoms with Crippen LogP contribution in [0.3, 0.4) is 0 Å². The zero-order valence-corrected chi connectivity index (χ0v) is 19.8. The third kappa shape index (κ3) is 3.85. The van der Waals surface area contributed by atoms with Crippen LogP contribution in [-0.4, -0.2) is 39.4 Å². The van der Waals surface area contributed by atoms with E-state index in [2.05, 4.69) is 24.4 Å². The van der Waals surface area contributed by atoms with Gasteiger partial charge in [-0.2, -0.15) is 0 Å². The van der Waals surface area contributed by atoms with Gasteiger partial charge in [-0.05, 0) is 38.2 Å². The number of nitrogens with zero attached hydrogens (tertiary/aromatic N) is 2. The highest BCUT2D eigenvalue weighted by Gasteiger charge is 2.48. The second kappa shape index (κ2) is 8.40. The molecule has 1 fully saturated rings. The number of benzene rings is 1. The topological polar surface area (TPSA) is 67.5 Å². The summed E-state index contributed by atoms with van der Waals surface area (Å²) >= 11 is 0. The number of amides is 2. The van der Waals surface area contributed by atoms with Crippen molar-refractivity contribution in [2.45, 2.75) is 76.9 Å². The smallest absolute Gasteiger partial charge is 0.271 e. The van der Waals surface area contributed by atoms with E-state index in [-0.39, 0.29) is 23.8 Å². The Hall–Kier alpha value is -3.02. The predicted molar refractivity (Wildman–Crippen MR) is 128 cm³/mol. The van der Waals surface area contributed by atoms with E-state index in [9.17, 15) is 9.59 Å². The van der Waals surface area contributed by atoms with E-state index in [1.54, 1.807) is 4.90 Å². The van der Waals surface area contributed by atoms with Gasteiger partial charge in [-0.3, -0.25) is 9.59 Å². The Morgan fingerprint density at radius 2 is 1.91 bits per heavy atom. The van der Waals surface area contributed by atoms with Gasteiger partial charge in [0.25, 0.3) is 5.91 Å². The molecule has 2 aromatic heterocycles. The van der Waals surface area contributed by atoms with Gasteiger partial charge in [-0.1, -0.05) is 56.5 Å². The molecule has 2 atom stereocenters. The van der Waals surface area contributed by atoms with E-state index >= 15 is 0 Å². The summed E-state index contributed by atoms with van der Waals surface area (Å²) in [6.07, 6.45) is 5.54. The van der Waals surface area contributed by atoms with E-state index in [1.807, 2.05) is 48.7 Å². The third-order valence-corrected chi connectivity index (χ3v) is 7.49. The summed E-state index contributed by atoms with van der Waals surface area (Å²) in [5.41, 5.74) is 2.34. The van der Waals surface area contributed by atoms with E-state index < -0.39 is 5.54 Å². The van der Waals surface area contributed by atoms with Crippen molar-refractivity contribution in [2.24, 2.45) is 0 Å². The van der Waals surface area contributed by atoms with Gasteiger partial charge >= 0.3 is 0 Å². The zero-order valence-electron chi connectivity index (χ0n) is 19.8. The molecule has 1 saturated carbocycles. The van der Waals surface area contributed by atoms with Crippen LogP contribution in [0.4, 0.5) is 0 Å². The van der Waals surface area contributed by atoms with E-state index in [1.165, 1.54) is 6.42 Å². The molecule has 3 heterocycles. The van der Waals surface area contributed by atoms with Gasteiger partial charge in [0.2, 0.25) is 5.91 Å². The number of fused-ring (bicyclic) bond motifs is 3. The van der Waals surface area contributed by atoms with Gasteiger partial charge in [-0.25, -0.2) is 0 Å². The lowest BCUT2D eigenvalue weighted by Gasteiger charge is -2.45. The Morgan fingerprint density at radius 1 is 1.18 bits per heavy atom. The lowest BCUT2D eigenvalue weighted by atomic mass is 9.89. The highest BCUT2D eigenvalue weighted by atomic mass is 16.3. The normalized spacial score (nSPS) is 22.4. The number of carbonyl (C=O) groups excluding carboxylic acids is 2. The summed E-state index contributed by atoms with van der Waals surface area (Å²) in [6.45, 7) is 6.83. The first-order valence-electron chi connectivity index (χ1n) is 12.1. The fourth-order valence-corrected chi connectivity index (χ4v) is 5.50. The molecule has 2 aliphatic rings. The first-order valence-corrected chi connectivity index (χ1v) is 12.1. The molecule has 0 bridgehead atoms. The second-order valence-electron chi connectivity index (χ2n) is 10.0. The van der Waals surface area contributed by atoms with Gasteiger partial charge in [0.1, 0.15) is 17.0 Å². The summed E-state index contributed by atoms with van der Waals surface area (Å²) < 4.78 is 7.78. The van der Waals surface area contributed by atoms with Crippen molar-refractivity contribution >= 4 is 22.9 Å². The van der Waals surface area contributed by atoms with Crippen LogP contribution in [0.25, 0.3) is 11.1 Å². The molecule has 1 aliphatic heterocycles. The number of rotatable bonds is 5. The van der Waals surface area contributed by atoms with Crippen molar-refractivity contribution in [2.75, 3.05) is 6.54 Å². The van der Waals surface area contributed by atoms with E-state index in [4.69, 9.17) is 4.42 Å². The molecular weight excluding hydrogens is 414 g/mol. The lowest BCUT2D eigenvalue weighted by molar-refractivity contribution is -0.133. The average Bonchev–Trinajstić information content (AvgIpc) is 3.34. The maximum absolute atomic E-state index is 13.8. The minimum absolute atomic E-state index is 0.0595. The number of hydrogen-bond acceptors (Lipinski definition) is 3. The van der Waals surface area contributed by atoms with Gasteiger partial charge < -0.3 is 19.2 Å². The van der Waals surface area contributed by atoms with Crippen LogP contribution in [0, 0.1) is 6.92 Å². The Morgan fingerprint density at radius 3 is 2.64 bits per heavy atom. The quantitative estimate of drug-likeness (QED) is 0.598. The molecule has 6 nitrogen and oxygen atoms in total. The third-order valence-electron chi connectivity index (χ3n) is 7.49. The summed E-state index contributed by atoms with van der Waals surface area (Å²) in [5, 5.41) is 3.30. The molecule has 1 aliphatic carbocycles. The molecule has 0 saturated heterocycles. The number of furan rings is 1. The van der Waals surface area contributed by atoms with Crippen LogP contribution in [-0.2, 0) is 11.3 Å². The Balaban J connectivity index is 1.51. The molecule has 5 rings (SSSR count). The molecule has 2 amide bonds. The van der Waals surface area contributed by atoms with Crippen molar-refractivity contribution in [1.82, 2.24) is 14.8 Å². The van der Waals surface area contributed by atoms with Gasteiger partial charge in [0.15, 0.2) is 5.58 Å². The standard InChI is InChI=1S/C27H33N3O3/c1-18(20-10-6-4-7-11-20)16-30-25(31)23-15-24-22(14-19(2)33-24)29(23)17-27(30,3)26(32)28-21-12-8-5-9-13-21/h4,6-7,10-11,14-15,18,21H,5,8-9,12-13,16-17H2,1-3H3,(H,28,32)/t18-,27+/m1/s1. The zero-order chi connectivity index (χ0) is 23.2. The molecule has 6 heteroatoms. The van der Waals surface area contributed by atoms with Crippen LogP contribution in [0.5, 0.6) is 0 Å². The minimum Gasteiger partial charge on any atom is -0.460 e. The summed E-state index contributed by atoms with van der Waals surface area (Å²) in [4.78, 5) is 29.4. The largest absolute Gasteiger partial charge is 0.460 e. The number of aryl methyl sites for hydroxylation is 1. The SMILES string of the molecule is Cc1cc2c(cc3n2C[C@@](C)(C(=O)NC2CCCCC2)N(C[C@@H](C)c2ccccc2)C3=O)o1. The molecule has 33 heavy (non-hydrogen) atoms. The molecule has 0 unspecified atom stereocenters. The molecule has 1 N–H and O–H groups in total. The molecule has 0 radical (unpaired) electrons. The molecular formula is C27H33N3O3. The van der Waals surface area contributed by atoms with Gasteiger partial charge in [0, 0.05) is 24.7 Å². The molecule has 1 aromatic carbocycles. The van der Waals surface area contributed by atoms with Crippen LogP contribution >= 0.6 is 0 Å². The highest BCUT2D eigenvalue weighted by molar-refractivity contribution is 6.03.